The molecule has 1 aromatic carbocycles. The van der Waals surface area contributed by atoms with E-state index in [-0.39, 0.29) is 28.9 Å². The van der Waals surface area contributed by atoms with E-state index in [0.29, 0.717) is 32.5 Å². The Morgan fingerprint density at radius 3 is 2.27 bits per heavy atom. The fraction of sp³-hybridized carbons (Fsp3) is 0.529. The Hall–Kier alpha value is -1.97. The van der Waals surface area contributed by atoms with Crippen LogP contribution in [0, 0.1) is 0 Å². The quantitative estimate of drug-likeness (QED) is 0.813. The van der Waals surface area contributed by atoms with Gasteiger partial charge in [-0.1, -0.05) is 18.2 Å². The van der Waals surface area contributed by atoms with E-state index in [4.69, 9.17) is 0 Å². The van der Waals surface area contributed by atoms with E-state index in [9.17, 15) is 18.0 Å². The standard InChI is InChI=1S/C17H24N4O4S/c1-19-12-15(16(22)20(2)17(19)23)21-10-8-13(9-11-21)18-26(24,25)14-6-4-3-5-7-14/h3-7,13,15,18H,8-12H2,1-2H3. The molecule has 142 valence electrons. The number of sulfonamides is 1. The van der Waals surface area contributed by atoms with Gasteiger partial charge in [0.05, 0.1) is 4.90 Å². The van der Waals surface area contributed by atoms with Gasteiger partial charge in [0.2, 0.25) is 15.9 Å². The Labute approximate surface area is 153 Å². The first-order valence-corrected chi connectivity index (χ1v) is 10.1. The van der Waals surface area contributed by atoms with Crippen molar-refractivity contribution in [3.63, 3.8) is 0 Å². The molecule has 1 N–H and O–H groups in total. The third kappa shape index (κ3) is 3.74. The first-order chi connectivity index (χ1) is 12.3. The molecule has 0 saturated carbocycles. The summed E-state index contributed by atoms with van der Waals surface area (Å²) in [6.07, 6.45) is 1.24. The summed E-state index contributed by atoms with van der Waals surface area (Å²) in [5, 5.41) is 0. The maximum absolute atomic E-state index is 12.4. The minimum absolute atomic E-state index is 0.160. The van der Waals surface area contributed by atoms with E-state index >= 15 is 0 Å². The van der Waals surface area contributed by atoms with Crippen LogP contribution in [0.2, 0.25) is 0 Å². The predicted molar refractivity (Wildman–Crippen MR) is 95.9 cm³/mol. The molecule has 2 aliphatic rings. The minimum Gasteiger partial charge on any atom is -0.325 e. The van der Waals surface area contributed by atoms with Gasteiger partial charge in [0.1, 0.15) is 6.04 Å². The van der Waals surface area contributed by atoms with Crippen molar-refractivity contribution in [1.82, 2.24) is 19.4 Å². The van der Waals surface area contributed by atoms with Crippen LogP contribution in [0.3, 0.4) is 0 Å². The zero-order chi connectivity index (χ0) is 18.9. The van der Waals surface area contributed by atoms with E-state index in [1.165, 1.54) is 11.9 Å². The number of amides is 3. The van der Waals surface area contributed by atoms with Crippen LogP contribution in [-0.4, -0.2) is 80.9 Å². The average molecular weight is 380 g/mol. The number of urea groups is 1. The molecule has 0 radical (unpaired) electrons. The second kappa shape index (κ2) is 7.34. The monoisotopic (exact) mass is 380 g/mol. The number of nitrogens with one attached hydrogen (secondary N) is 1. The lowest BCUT2D eigenvalue weighted by atomic mass is 10.0. The van der Waals surface area contributed by atoms with Crippen LogP contribution in [0.5, 0.6) is 0 Å². The topological polar surface area (TPSA) is 90.0 Å². The molecule has 8 nitrogen and oxygen atoms in total. The van der Waals surface area contributed by atoms with Crippen molar-refractivity contribution in [2.45, 2.75) is 29.8 Å². The van der Waals surface area contributed by atoms with E-state index < -0.39 is 10.0 Å². The summed E-state index contributed by atoms with van der Waals surface area (Å²) in [5.41, 5.74) is 0. The number of likely N-dealkylation sites (N-methyl/N-ethyl adjacent to an activating group) is 2. The van der Waals surface area contributed by atoms with Gasteiger partial charge >= 0.3 is 6.03 Å². The number of carbonyl (C=O) groups is 2. The maximum Gasteiger partial charge on any atom is 0.326 e. The van der Waals surface area contributed by atoms with Crippen LogP contribution >= 0.6 is 0 Å². The lowest BCUT2D eigenvalue weighted by molar-refractivity contribution is -0.136. The van der Waals surface area contributed by atoms with Gasteiger partial charge in [-0.2, -0.15) is 0 Å². The molecule has 3 rings (SSSR count). The number of benzene rings is 1. The van der Waals surface area contributed by atoms with Crippen LogP contribution in [0.25, 0.3) is 0 Å². The zero-order valence-electron chi connectivity index (χ0n) is 15.0. The Balaban J connectivity index is 1.59. The second-order valence-electron chi connectivity index (χ2n) is 6.82. The van der Waals surface area contributed by atoms with Crippen molar-refractivity contribution in [2.24, 2.45) is 0 Å². The van der Waals surface area contributed by atoms with Crippen molar-refractivity contribution in [1.29, 1.82) is 0 Å². The summed E-state index contributed by atoms with van der Waals surface area (Å²) >= 11 is 0. The van der Waals surface area contributed by atoms with Crippen molar-refractivity contribution in [3.8, 4) is 0 Å². The molecule has 9 heteroatoms. The molecule has 26 heavy (non-hydrogen) atoms. The van der Waals surface area contributed by atoms with Crippen LogP contribution in [-0.2, 0) is 14.8 Å². The third-order valence-electron chi connectivity index (χ3n) is 5.02. The highest BCUT2D eigenvalue weighted by Gasteiger charge is 2.40. The van der Waals surface area contributed by atoms with Crippen molar-refractivity contribution in [3.05, 3.63) is 30.3 Å². The van der Waals surface area contributed by atoms with Crippen molar-refractivity contribution < 1.29 is 18.0 Å². The maximum atomic E-state index is 12.4. The molecule has 0 bridgehead atoms. The fourth-order valence-electron chi connectivity index (χ4n) is 3.48. The molecule has 2 heterocycles. The summed E-state index contributed by atoms with van der Waals surface area (Å²) in [7, 11) is -0.361. The van der Waals surface area contributed by atoms with Crippen LogP contribution < -0.4 is 4.72 Å². The van der Waals surface area contributed by atoms with Gasteiger partial charge in [-0.15, -0.1) is 0 Å². The van der Waals surface area contributed by atoms with E-state index in [1.54, 1.807) is 37.4 Å². The predicted octanol–water partition coefficient (Wildman–Crippen LogP) is 0.322. The van der Waals surface area contributed by atoms with Gasteiger partial charge < -0.3 is 4.90 Å². The molecule has 1 aromatic rings. The second-order valence-corrected chi connectivity index (χ2v) is 8.53. The minimum atomic E-state index is -3.53. The number of imide groups is 1. The molecule has 0 spiro atoms. The molecule has 1 unspecified atom stereocenters. The number of hydrogen-bond acceptors (Lipinski definition) is 5. The molecule has 2 saturated heterocycles. The Morgan fingerprint density at radius 2 is 1.65 bits per heavy atom. The summed E-state index contributed by atoms with van der Waals surface area (Å²) in [6.45, 7) is 1.57. The number of likely N-dealkylation sites (tertiary alicyclic amines) is 1. The zero-order valence-corrected chi connectivity index (χ0v) is 15.8. The molecule has 2 aliphatic heterocycles. The third-order valence-corrected chi connectivity index (χ3v) is 6.56. The molecule has 0 aliphatic carbocycles. The number of hydrogen-bond donors (Lipinski definition) is 1. The Kier molecular flexibility index (Phi) is 5.31. The van der Waals surface area contributed by atoms with Crippen LogP contribution in [0.1, 0.15) is 12.8 Å². The Bertz CT molecular complexity index is 775. The SMILES string of the molecule is CN1CC(N2CCC(NS(=O)(=O)c3ccccc3)CC2)C(=O)N(C)C1=O. The average Bonchev–Trinajstić information content (AvgIpc) is 2.64. The van der Waals surface area contributed by atoms with Gasteiger partial charge in [0.15, 0.2) is 0 Å². The molecular weight excluding hydrogens is 356 g/mol. The molecule has 3 amide bonds. The summed E-state index contributed by atoms with van der Waals surface area (Å²) in [5.74, 6) is -0.198. The molecule has 2 fully saturated rings. The van der Waals surface area contributed by atoms with E-state index in [2.05, 4.69) is 4.72 Å². The lowest BCUT2D eigenvalue weighted by Crippen LogP contribution is -2.63. The molecule has 0 aromatic heterocycles. The number of piperidine rings is 1. The van der Waals surface area contributed by atoms with Gasteiger partial charge in [0, 0.05) is 39.8 Å². The van der Waals surface area contributed by atoms with Gasteiger partial charge in [0.25, 0.3) is 0 Å². The molecule has 1 atom stereocenters. The Morgan fingerprint density at radius 1 is 1.04 bits per heavy atom. The van der Waals surface area contributed by atoms with Gasteiger partial charge in [-0.05, 0) is 25.0 Å². The summed E-state index contributed by atoms with van der Waals surface area (Å²) < 4.78 is 27.6. The largest absolute Gasteiger partial charge is 0.326 e. The van der Waals surface area contributed by atoms with E-state index in [1.807, 2.05) is 4.90 Å². The highest BCUT2D eigenvalue weighted by molar-refractivity contribution is 7.89. The first kappa shape index (κ1) is 18.8. The fourth-order valence-corrected chi connectivity index (χ4v) is 4.80. The van der Waals surface area contributed by atoms with Crippen molar-refractivity contribution in [2.75, 3.05) is 33.7 Å². The normalized spacial score (nSPS) is 23.5. The summed E-state index contributed by atoms with van der Waals surface area (Å²) in [6, 6.07) is 7.48. The smallest absolute Gasteiger partial charge is 0.325 e. The summed E-state index contributed by atoms with van der Waals surface area (Å²) in [4.78, 5) is 29.2. The van der Waals surface area contributed by atoms with Gasteiger partial charge in [-0.3, -0.25) is 14.6 Å². The van der Waals surface area contributed by atoms with Gasteiger partial charge in [-0.25, -0.2) is 17.9 Å². The number of rotatable bonds is 4. The number of carbonyl (C=O) groups excluding carboxylic acids is 2. The number of nitrogens with zero attached hydrogens (tertiary/aromatic N) is 3. The highest BCUT2D eigenvalue weighted by atomic mass is 32.2. The molecular formula is C17H24N4O4S. The van der Waals surface area contributed by atoms with E-state index in [0.717, 1.165) is 4.90 Å². The van der Waals surface area contributed by atoms with Crippen LogP contribution in [0.4, 0.5) is 4.79 Å². The lowest BCUT2D eigenvalue weighted by Gasteiger charge is -2.42. The highest BCUT2D eigenvalue weighted by Crippen LogP contribution is 2.20. The van der Waals surface area contributed by atoms with Crippen LogP contribution in [0.15, 0.2) is 35.2 Å². The van der Waals surface area contributed by atoms with Crippen molar-refractivity contribution >= 4 is 22.0 Å². The first-order valence-electron chi connectivity index (χ1n) is 8.63.